The standard InChI is InChI=1S/C6H7FN2O2S.C6H6/c7-9-12(10,11)6-3-1-5(8)2-4-6;1-2-4-6-5-3-1/h1-4,9H,8H2;1-6H. The lowest BCUT2D eigenvalue weighted by Gasteiger charge is -1.98. The number of halogens is 1. The third-order valence-corrected chi connectivity index (χ3v) is 3.05. The van der Waals surface area contributed by atoms with E-state index in [1.165, 1.54) is 24.3 Å². The average Bonchev–Trinajstić information content (AvgIpc) is 2.42. The van der Waals surface area contributed by atoms with Crippen molar-refractivity contribution in [2.75, 3.05) is 5.73 Å². The predicted octanol–water partition coefficient (Wildman–Crippen LogP) is 2.12. The molecule has 0 spiro atoms. The second-order valence-electron chi connectivity index (χ2n) is 3.30. The fourth-order valence-electron chi connectivity index (χ4n) is 1.08. The van der Waals surface area contributed by atoms with E-state index in [4.69, 9.17) is 5.73 Å². The van der Waals surface area contributed by atoms with Crippen LogP contribution in [0.2, 0.25) is 0 Å². The van der Waals surface area contributed by atoms with Crippen LogP contribution in [0.1, 0.15) is 0 Å². The Hall–Kier alpha value is -1.92. The molecule has 0 amide bonds. The Morgan fingerprint density at radius 1 is 0.889 bits per heavy atom. The summed E-state index contributed by atoms with van der Waals surface area (Å²) in [5.41, 5.74) is 5.73. The first-order valence-electron chi connectivity index (χ1n) is 5.04. The van der Waals surface area contributed by atoms with Crippen molar-refractivity contribution >= 4 is 15.7 Å². The van der Waals surface area contributed by atoms with E-state index in [-0.39, 0.29) is 4.90 Å². The Morgan fingerprint density at radius 2 is 1.28 bits per heavy atom. The summed E-state index contributed by atoms with van der Waals surface area (Å²) in [6.07, 6.45) is 0. The molecule has 96 valence electrons. The van der Waals surface area contributed by atoms with Crippen molar-refractivity contribution in [3.05, 3.63) is 60.7 Å². The zero-order valence-corrected chi connectivity index (χ0v) is 10.3. The largest absolute Gasteiger partial charge is 0.399 e. The molecule has 2 rings (SSSR count). The number of anilines is 1. The van der Waals surface area contributed by atoms with Crippen LogP contribution in [-0.4, -0.2) is 8.42 Å². The summed E-state index contributed by atoms with van der Waals surface area (Å²) in [7, 11) is -3.99. The normalized spacial score (nSPS) is 10.3. The molecule has 0 bridgehead atoms. The van der Waals surface area contributed by atoms with Gasteiger partial charge >= 0.3 is 0 Å². The summed E-state index contributed by atoms with van der Waals surface area (Å²) in [5.74, 6) is 0. The maximum Gasteiger partial charge on any atom is 0.266 e. The van der Waals surface area contributed by atoms with Crippen molar-refractivity contribution in [3.63, 3.8) is 0 Å². The molecule has 6 heteroatoms. The first-order valence-corrected chi connectivity index (χ1v) is 6.52. The van der Waals surface area contributed by atoms with Crippen molar-refractivity contribution < 1.29 is 12.9 Å². The Bertz CT molecular complexity index is 530. The van der Waals surface area contributed by atoms with Gasteiger partial charge < -0.3 is 5.73 Å². The van der Waals surface area contributed by atoms with Gasteiger partial charge in [-0.05, 0) is 29.2 Å². The van der Waals surface area contributed by atoms with Crippen LogP contribution in [0.15, 0.2) is 65.6 Å². The molecule has 0 aliphatic carbocycles. The van der Waals surface area contributed by atoms with Gasteiger partial charge in [-0.25, -0.2) is 8.42 Å². The molecule has 0 aromatic heterocycles. The molecule has 0 atom stereocenters. The Morgan fingerprint density at radius 3 is 1.61 bits per heavy atom. The third-order valence-electron chi connectivity index (χ3n) is 1.96. The van der Waals surface area contributed by atoms with Gasteiger partial charge in [-0.1, -0.05) is 36.4 Å². The fourth-order valence-corrected chi connectivity index (χ4v) is 1.66. The minimum absolute atomic E-state index is 0.154. The van der Waals surface area contributed by atoms with Gasteiger partial charge in [0.2, 0.25) is 0 Å². The molecular weight excluding hydrogens is 255 g/mol. The summed E-state index contributed by atoms with van der Waals surface area (Å²) in [5, 5.41) is 0. The van der Waals surface area contributed by atoms with E-state index in [9.17, 15) is 12.9 Å². The zero-order chi connectivity index (χ0) is 13.4. The van der Waals surface area contributed by atoms with Gasteiger partial charge in [0.25, 0.3) is 10.0 Å². The molecule has 2 aromatic carbocycles. The maximum absolute atomic E-state index is 11.7. The van der Waals surface area contributed by atoms with Crippen molar-refractivity contribution in [3.8, 4) is 0 Å². The highest BCUT2D eigenvalue weighted by atomic mass is 32.2. The average molecular weight is 268 g/mol. The van der Waals surface area contributed by atoms with E-state index in [1.54, 1.807) is 0 Å². The summed E-state index contributed by atoms with van der Waals surface area (Å²) in [4.78, 5) is 0.555. The van der Waals surface area contributed by atoms with E-state index < -0.39 is 10.0 Å². The molecular formula is C12H13FN2O2S. The van der Waals surface area contributed by atoms with Gasteiger partial charge in [-0.2, -0.15) is 0 Å². The van der Waals surface area contributed by atoms with Gasteiger partial charge in [-0.15, -0.1) is 4.48 Å². The number of nitrogen functional groups attached to an aromatic ring is 1. The number of sulfonamides is 1. The van der Waals surface area contributed by atoms with Crippen LogP contribution >= 0.6 is 0 Å². The number of benzene rings is 2. The lowest BCUT2D eigenvalue weighted by Crippen LogP contribution is -2.14. The molecule has 0 unspecified atom stereocenters. The van der Waals surface area contributed by atoms with Crippen LogP contribution in [0.3, 0.4) is 0 Å². The summed E-state index contributed by atoms with van der Waals surface area (Å²) >= 11 is 0. The van der Waals surface area contributed by atoms with Crippen LogP contribution in [0, 0.1) is 0 Å². The molecule has 3 N–H and O–H groups in total. The van der Waals surface area contributed by atoms with Crippen LogP contribution in [-0.2, 0) is 10.0 Å². The molecule has 0 saturated heterocycles. The van der Waals surface area contributed by atoms with Gasteiger partial charge in [0.1, 0.15) is 0 Å². The summed E-state index contributed by atoms with van der Waals surface area (Å²) in [6, 6.07) is 17.2. The minimum atomic E-state index is -3.99. The molecule has 0 radical (unpaired) electrons. The third kappa shape index (κ3) is 4.52. The maximum atomic E-state index is 11.7. The van der Waals surface area contributed by atoms with E-state index in [0.29, 0.717) is 10.6 Å². The molecule has 0 aliphatic rings. The molecule has 4 nitrogen and oxygen atoms in total. The van der Waals surface area contributed by atoms with Crippen LogP contribution in [0.5, 0.6) is 0 Å². The van der Waals surface area contributed by atoms with Crippen LogP contribution in [0.4, 0.5) is 10.2 Å². The molecule has 2 aromatic rings. The lowest BCUT2D eigenvalue weighted by atomic mass is 10.3. The second-order valence-corrected chi connectivity index (χ2v) is 4.94. The van der Waals surface area contributed by atoms with Crippen molar-refractivity contribution in [1.82, 2.24) is 4.94 Å². The quantitative estimate of drug-likeness (QED) is 0.647. The number of nitrogens with two attached hydrogens (primary N) is 1. The minimum Gasteiger partial charge on any atom is -0.399 e. The van der Waals surface area contributed by atoms with Gasteiger partial charge in [0.05, 0.1) is 4.90 Å². The molecule has 0 aliphatic heterocycles. The topological polar surface area (TPSA) is 72.2 Å². The van der Waals surface area contributed by atoms with E-state index in [0.717, 1.165) is 0 Å². The van der Waals surface area contributed by atoms with Crippen LogP contribution < -0.4 is 10.7 Å². The molecule has 18 heavy (non-hydrogen) atoms. The summed E-state index contributed by atoms with van der Waals surface area (Å²) < 4.78 is 33.3. The summed E-state index contributed by atoms with van der Waals surface area (Å²) in [6.45, 7) is 0. The predicted molar refractivity (Wildman–Crippen MR) is 68.7 cm³/mol. The SMILES string of the molecule is Nc1ccc(S(=O)(=O)NF)cc1.c1ccccc1. The zero-order valence-electron chi connectivity index (χ0n) is 9.45. The first-order chi connectivity index (χ1) is 8.56. The van der Waals surface area contributed by atoms with Crippen molar-refractivity contribution in [1.29, 1.82) is 0 Å². The Kier molecular flexibility index (Phi) is 5.29. The van der Waals surface area contributed by atoms with Gasteiger partial charge in [0.15, 0.2) is 0 Å². The highest BCUT2D eigenvalue weighted by Gasteiger charge is 2.11. The Labute approximate surface area is 105 Å². The van der Waals surface area contributed by atoms with Gasteiger partial charge in [-0.3, -0.25) is 0 Å². The van der Waals surface area contributed by atoms with Crippen molar-refractivity contribution in [2.24, 2.45) is 0 Å². The highest BCUT2D eigenvalue weighted by molar-refractivity contribution is 7.89. The molecule has 0 fully saturated rings. The lowest BCUT2D eigenvalue weighted by molar-refractivity contribution is 0.425. The number of nitrogens with one attached hydrogen (secondary N) is 1. The van der Waals surface area contributed by atoms with E-state index >= 15 is 0 Å². The number of hydrogen-bond donors (Lipinski definition) is 2. The van der Waals surface area contributed by atoms with Crippen molar-refractivity contribution in [2.45, 2.75) is 4.90 Å². The second kappa shape index (κ2) is 6.73. The smallest absolute Gasteiger partial charge is 0.266 e. The highest BCUT2D eigenvalue weighted by Crippen LogP contribution is 2.10. The van der Waals surface area contributed by atoms with E-state index in [1.807, 2.05) is 36.4 Å². The Balaban J connectivity index is 0.000000225. The number of hydrogen-bond acceptors (Lipinski definition) is 3. The first kappa shape index (κ1) is 14.1. The molecule has 0 heterocycles. The fraction of sp³-hybridized carbons (Fsp3) is 0. The molecule has 0 saturated carbocycles. The monoisotopic (exact) mass is 268 g/mol. The van der Waals surface area contributed by atoms with Crippen LogP contribution in [0.25, 0.3) is 0 Å². The number of rotatable bonds is 2. The van der Waals surface area contributed by atoms with Gasteiger partial charge in [0, 0.05) is 5.69 Å². The van der Waals surface area contributed by atoms with E-state index in [2.05, 4.69) is 0 Å².